The van der Waals surface area contributed by atoms with Crippen LogP contribution in [0.3, 0.4) is 0 Å². The summed E-state index contributed by atoms with van der Waals surface area (Å²) in [5.41, 5.74) is 1.94. The van der Waals surface area contributed by atoms with Gasteiger partial charge in [0.25, 0.3) is 0 Å². The first kappa shape index (κ1) is 24.1. The minimum atomic E-state index is -0.926. The highest BCUT2D eigenvalue weighted by Crippen LogP contribution is 2.42. The summed E-state index contributed by atoms with van der Waals surface area (Å²) < 4.78 is 13.8. The normalized spacial score (nSPS) is 11.6. The molecule has 4 rings (SSSR count). The summed E-state index contributed by atoms with van der Waals surface area (Å²) in [5, 5.41) is 3.53. The van der Waals surface area contributed by atoms with Gasteiger partial charge in [0.15, 0.2) is 21.8 Å². The molecule has 0 fully saturated rings. The number of carbonyl (C=O) groups excluding carboxylic acids is 1. The third kappa shape index (κ3) is 5.70. The van der Waals surface area contributed by atoms with Crippen LogP contribution >= 0.6 is 26.4 Å². The molecule has 0 bridgehead atoms. The molecule has 0 amide bonds. The quantitative estimate of drug-likeness (QED) is 0.150. The van der Waals surface area contributed by atoms with Crippen LogP contribution in [0.4, 0.5) is 0 Å². The molecule has 4 aromatic rings. The average molecular weight is 534 g/mol. The van der Waals surface area contributed by atoms with Crippen molar-refractivity contribution in [3.05, 3.63) is 93.3 Å². The smallest absolute Gasteiger partial charge is 0.345 e. The van der Waals surface area contributed by atoms with Crippen molar-refractivity contribution in [3.63, 3.8) is 0 Å². The Kier molecular flexibility index (Phi) is 7.11. The third-order valence-corrected chi connectivity index (χ3v) is 7.81. The number of benzene rings is 3. The fourth-order valence-electron chi connectivity index (χ4n) is 3.73. The van der Waals surface area contributed by atoms with Gasteiger partial charge in [-0.1, -0.05) is 39.9 Å². The summed E-state index contributed by atoms with van der Waals surface area (Å²) in [7, 11) is -0.0858. The second-order valence-corrected chi connectivity index (χ2v) is 11.4. The van der Waals surface area contributed by atoms with Crippen molar-refractivity contribution in [2.75, 3.05) is 6.61 Å². The molecular formula is C29H26BrO3S+. The van der Waals surface area contributed by atoms with E-state index < -0.39 is 11.6 Å². The van der Waals surface area contributed by atoms with E-state index in [0.29, 0.717) is 0 Å². The van der Waals surface area contributed by atoms with Gasteiger partial charge in [-0.2, -0.15) is 0 Å². The number of carbonyl (C=O) groups is 1. The Morgan fingerprint density at radius 1 is 1.00 bits per heavy atom. The Balaban J connectivity index is 1.43. The van der Waals surface area contributed by atoms with Crippen LogP contribution < -0.4 is 4.74 Å². The highest BCUT2D eigenvalue weighted by molar-refractivity contribution is 9.10. The van der Waals surface area contributed by atoms with Gasteiger partial charge in [0.05, 0.1) is 0 Å². The van der Waals surface area contributed by atoms with Crippen molar-refractivity contribution in [2.24, 2.45) is 0 Å². The van der Waals surface area contributed by atoms with E-state index in [1.807, 2.05) is 38.1 Å². The SMILES string of the molecule is Cc1cc(-[s+]2ccc3ccccc32)cc(C)c1OCC(=O)OC(C)(C)C#Cc1ccc(Br)cc1. The van der Waals surface area contributed by atoms with Crippen molar-refractivity contribution in [1.82, 2.24) is 0 Å². The Hall–Kier alpha value is -3.07. The molecule has 3 nitrogen and oxygen atoms in total. The molecule has 5 heteroatoms. The molecular weight excluding hydrogens is 508 g/mol. The number of fused-ring (bicyclic) bond motifs is 1. The van der Waals surface area contributed by atoms with Gasteiger partial charge in [-0.15, -0.1) is 0 Å². The largest absolute Gasteiger partial charge is 0.481 e. The summed E-state index contributed by atoms with van der Waals surface area (Å²) >= 11 is 3.41. The predicted octanol–water partition coefficient (Wildman–Crippen LogP) is 7.71. The maximum absolute atomic E-state index is 12.5. The molecule has 0 N–H and O–H groups in total. The number of esters is 1. The van der Waals surface area contributed by atoms with Gasteiger partial charge in [0.1, 0.15) is 11.1 Å². The number of hydrogen-bond donors (Lipinski definition) is 0. The second kappa shape index (κ2) is 10.0. The van der Waals surface area contributed by atoms with Crippen molar-refractivity contribution in [1.29, 1.82) is 0 Å². The maximum atomic E-state index is 12.5. The van der Waals surface area contributed by atoms with E-state index in [9.17, 15) is 4.79 Å². The molecule has 3 aromatic carbocycles. The van der Waals surface area contributed by atoms with Crippen LogP contribution in [-0.2, 0) is 9.53 Å². The van der Waals surface area contributed by atoms with Gasteiger partial charge in [-0.25, -0.2) is 4.79 Å². The van der Waals surface area contributed by atoms with Gasteiger partial charge in [-0.05, 0) is 75.2 Å². The van der Waals surface area contributed by atoms with E-state index in [2.05, 4.69) is 75.6 Å². The lowest BCUT2D eigenvalue weighted by Gasteiger charge is -2.19. The van der Waals surface area contributed by atoms with Crippen LogP contribution in [0.15, 0.2) is 76.6 Å². The minimum Gasteiger partial charge on any atom is -0.481 e. The van der Waals surface area contributed by atoms with Gasteiger partial charge >= 0.3 is 5.97 Å². The highest BCUT2D eigenvalue weighted by atomic mass is 79.9. The molecule has 1 heterocycles. The Bertz CT molecular complexity index is 1380. The van der Waals surface area contributed by atoms with Crippen LogP contribution in [-0.4, -0.2) is 18.2 Å². The number of ether oxygens (including phenoxy) is 2. The Morgan fingerprint density at radius 2 is 1.68 bits per heavy atom. The zero-order chi connectivity index (χ0) is 24.3. The molecule has 1 aromatic heterocycles. The van der Waals surface area contributed by atoms with Gasteiger partial charge in [-0.3, -0.25) is 0 Å². The fourth-order valence-corrected chi connectivity index (χ4v) is 6.06. The van der Waals surface area contributed by atoms with Crippen molar-refractivity contribution < 1.29 is 14.3 Å². The standard InChI is InChI=1S/C29H26BrO3S/c1-20-17-25(34-16-14-23-7-5-6-8-26(23)34)18-21(2)28(20)32-19-27(31)33-29(3,4)15-13-22-9-11-24(30)12-10-22/h5-12,14,16-18H,19H2,1-4H3/q+1. The average Bonchev–Trinajstić information content (AvgIpc) is 3.22. The van der Waals surface area contributed by atoms with Crippen LogP contribution in [0.1, 0.15) is 30.5 Å². The van der Waals surface area contributed by atoms with E-state index >= 15 is 0 Å². The molecule has 0 spiro atoms. The van der Waals surface area contributed by atoms with Crippen LogP contribution in [0, 0.1) is 25.7 Å². The summed E-state index contributed by atoms with van der Waals surface area (Å²) in [5.74, 6) is 6.35. The lowest BCUT2D eigenvalue weighted by Crippen LogP contribution is -2.29. The zero-order valence-electron chi connectivity index (χ0n) is 19.6. The van der Waals surface area contributed by atoms with Crippen molar-refractivity contribution in [2.45, 2.75) is 33.3 Å². The zero-order valence-corrected chi connectivity index (χ0v) is 22.0. The van der Waals surface area contributed by atoms with E-state index in [1.54, 1.807) is 13.8 Å². The van der Waals surface area contributed by atoms with Crippen LogP contribution in [0.2, 0.25) is 0 Å². The molecule has 0 saturated carbocycles. The lowest BCUT2D eigenvalue weighted by atomic mass is 10.1. The highest BCUT2D eigenvalue weighted by Gasteiger charge is 2.22. The van der Waals surface area contributed by atoms with E-state index in [4.69, 9.17) is 9.47 Å². The Morgan fingerprint density at radius 3 is 2.38 bits per heavy atom. The molecule has 0 aliphatic heterocycles. The first-order chi connectivity index (χ1) is 16.2. The van der Waals surface area contributed by atoms with Crippen LogP contribution in [0.25, 0.3) is 15.0 Å². The predicted molar refractivity (Wildman–Crippen MR) is 144 cm³/mol. The lowest BCUT2D eigenvalue weighted by molar-refractivity contribution is -0.154. The molecule has 0 aliphatic carbocycles. The van der Waals surface area contributed by atoms with Crippen LogP contribution in [0.5, 0.6) is 5.75 Å². The monoisotopic (exact) mass is 533 g/mol. The summed E-state index contributed by atoms with van der Waals surface area (Å²) in [6.07, 6.45) is 0. The number of hydrogen-bond acceptors (Lipinski definition) is 3. The molecule has 0 saturated heterocycles. The topological polar surface area (TPSA) is 35.5 Å². The molecule has 0 radical (unpaired) electrons. The van der Waals surface area contributed by atoms with Crippen molar-refractivity contribution >= 4 is 42.5 Å². The Labute approximate surface area is 211 Å². The first-order valence-electron chi connectivity index (χ1n) is 11.0. The summed E-state index contributed by atoms with van der Waals surface area (Å²) in [6.45, 7) is 7.41. The van der Waals surface area contributed by atoms with Gasteiger partial charge in [0.2, 0.25) is 0 Å². The van der Waals surface area contributed by atoms with Gasteiger partial charge in [0, 0.05) is 44.1 Å². The van der Waals surface area contributed by atoms with E-state index in [-0.39, 0.29) is 17.1 Å². The molecule has 1 unspecified atom stereocenters. The molecule has 0 aliphatic rings. The second-order valence-electron chi connectivity index (χ2n) is 8.59. The number of aryl methyl sites for hydroxylation is 2. The number of halogens is 1. The summed E-state index contributed by atoms with van der Waals surface area (Å²) in [4.78, 5) is 13.7. The molecule has 34 heavy (non-hydrogen) atoms. The molecule has 172 valence electrons. The fraction of sp³-hybridized carbons (Fsp3) is 0.207. The first-order valence-corrected chi connectivity index (χ1v) is 13.0. The molecule has 1 atom stereocenters. The number of rotatable bonds is 5. The number of thiophene rings is 1. The minimum absolute atomic E-state index is 0.0858. The van der Waals surface area contributed by atoms with E-state index in [0.717, 1.165) is 26.9 Å². The maximum Gasteiger partial charge on any atom is 0.345 e. The van der Waals surface area contributed by atoms with Gasteiger partial charge < -0.3 is 9.47 Å². The third-order valence-electron chi connectivity index (χ3n) is 5.28. The van der Waals surface area contributed by atoms with Crippen molar-refractivity contribution in [3.8, 4) is 22.5 Å². The van der Waals surface area contributed by atoms with E-state index in [1.165, 1.54) is 15.0 Å². The summed E-state index contributed by atoms with van der Waals surface area (Å²) in [6, 6.07) is 22.6.